The third-order valence-corrected chi connectivity index (χ3v) is 2.54. The van der Waals surface area contributed by atoms with Crippen LogP contribution in [0.4, 0.5) is 0 Å². The molecule has 1 aromatic rings. The summed E-state index contributed by atoms with van der Waals surface area (Å²) >= 11 is 0. The van der Waals surface area contributed by atoms with Crippen LogP contribution in [0.25, 0.3) is 0 Å². The number of hydrogen-bond acceptors (Lipinski definition) is 3. The molecule has 1 heterocycles. The molecule has 0 aliphatic heterocycles. The average molecular weight is 224 g/mol. The second kappa shape index (κ2) is 6.27. The maximum atomic E-state index is 11.2. The third-order valence-electron chi connectivity index (χ3n) is 2.54. The number of nitrogens with two attached hydrogens (primary N) is 1. The van der Waals surface area contributed by atoms with Gasteiger partial charge in [-0.15, -0.1) is 0 Å². The van der Waals surface area contributed by atoms with E-state index in [9.17, 15) is 4.79 Å². The van der Waals surface area contributed by atoms with Crippen molar-refractivity contribution >= 4 is 5.91 Å². The van der Waals surface area contributed by atoms with E-state index >= 15 is 0 Å². The Morgan fingerprint density at radius 3 is 2.94 bits per heavy atom. The number of aryl methyl sites for hydroxylation is 2. The number of amides is 1. The van der Waals surface area contributed by atoms with E-state index in [2.05, 4.69) is 17.3 Å². The summed E-state index contributed by atoms with van der Waals surface area (Å²) in [6, 6.07) is 1.68. The number of nitrogens with one attached hydrogen (secondary N) is 1. The average Bonchev–Trinajstić information content (AvgIpc) is 2.64. The van der Waals surface area contributed by atoms with Crippen LogP contribution in [-0.4, -0.2) is 28.3 Å². The maximum absolute atomic E-state index is 11.2. The van der Waals surface area contributed by atoms with Crippen molar-refractivity contribution in [1.29, 1.82) is 0 Å². The van der Waals surface area contributed by atoms with Crippen LogP contribution in [0.3, 0.4) is 0 Å². The normalized spacial score (nSPS) is 12.6. The molecule has 16 heavy (non-hydrogen) atoms. The van der Waals surface area contributed by atoms with Crippen molar-refractivity contribution in [2.75, 3.05) is 6.54 Å². The van der Waals surface area contributed by atoms with E-state index in [-0.39, 0.29) is 11.9 Å². The molecule has 0 bridgehead atoms. The van der Waals surface area contributed by atoms with Gasteiger partial charge in [0.1, 0.15) is 0 Å². The fourth-order valence-electron chi connectivity index (χ4n) is 1.55. The Hall–Kier alpha value is -1.36. The van der Waals surface area contributed by atoms with E-state index in [4.69, 9.17) is 5.73 Å². The Morgan fingerprint density at radius 1 is 1.69 bits per heavy atom. The first-order chi connectivity index (χ1) is 7.65. The molecule has 1 atom stereocenters. The van der Waals surface area contributed by atoms with Crippen molar-refractivity contribution in [2.45, 2.75) is 39.3 Å². The Balaban J connectivity index is 2.44. The van der Waals surface area contributed by atoms with Crippen LogP contribution < -0.4 is 11.1 Å². The minimum atomic E-state index is -0.293. The van der Waals surface area contributed by atoms with Gasteiger partial charge in [-0.25, -0.2) is 0 Å². The number of carbonyl (C=O) groups excluding carboxylic acids is 1. The summed E-state index contributed by atoms with van der Waals surface area (Å²) in [6.07, 6.45) is 3.43. The fraction of sp³-hybridized carbons (Fsp3) is 0.636. The smallest absolute Gasteiger partial charge is 0.234 e. The largest absolute Gasteiger partial charge is 0.368 e. The highest BCUT2D eigenvalue weighted by Gasteiger charge is 2.14. The molecule has 1 amide bonds. The fourth-order valence-corrected chi connectivity index (χ4v) is 1.55. The molecule has 1 unspecified atom stereocenters. The molecular weight excluding hydrogens is 204 g/mol. The van der Waals surface area contributed by atoms with Gasteiger partial charge in [0.25, 0.3) is 0 Å². The Bertz CT molecular complexity index is 334. The number of carbonyl (C=O) groups is 1. The van der Waals surface area contributed by atoms with Gasteiger partial charge in [0.15, 0.2) is 0 Å². The lowest BCUT2D eigenvalue weighted by atomic mass is 10.2. The minimum absolute atomic E-state index is 0.261. The molecular formula is C11H20N4O. The van der Waals surface area contributed by atoms with Crippen LogP contribution in [-0.2, 0) is 11.3 Å². The van der Waals surface area contributed by atoms with Gasteiger partial charge in [0.05, 0.1) is 6.04 Å². The van der Waals surface area contributed by atoms with Gasteiger partial charge < -0.3 is 11.1 Å². The molecule has 1 aromatic heterocycles. The molecule has 3 N–H and O–H groups in total. The van der Waals surface area contributed by atoms with E-state index in [0.717, 1.165) is 18.7 Å². The molecule has 0 saturated carbocycles. The van der Waals surface area contributed by atoms with Crippen molar-refractivity contribution in [3.63, 3.8) is 0 Å². The number of rotatable bonds is 7. The Kier molecular flexibility index (Phi) is 4.98. The number of aromatic nitrogens is 2. The number of nitrogens with zero attached hydrogens (tertiary/aromatic N) is 2. The van der Waals surface area contributed by atoms with Crippen LogP contribution in [0.5, 0.6) is 0 Å². The molecule has 0 fully saturated rings. The first-order valence-corrected chi connectivity index (χ1v) is 5.66. The molecule has 0 aromatic carbocycles. The maximum Gasteiger partial charge on any atom is 0.234 e. The van der Waals surface area contributed by atoms with E-state index in [1.54, 1.807) is 6.20 Å². The van der Waals surface area contributed by atoms with Gasteiger partial charge >= 0.3 is 0 Å². The highest BCUT2D eigenvalue weighted by atomic mass is 16.1. The molecule has 0 saturated heterocycles. The van der Waals surface area contributed by atoms with Crippen molar-refractivity contribution in [3.05, 3.63) is 18.0 Å². The van der Waals surface area contributed by atoms with E-state index in [1.807, 2.05) is 17.7 Å². The van der Waals surface area contributed by atoms with Crippen LogP contribution in [0, 0.1) is 6.92 Å². The molecule has 5 nitrogen and oxygen atoms in total. The first kappa shape index (κ1) is 12.7. The molecule has 0 aliphatic carbocycles. The van der Waals surface area contributed by atoms with Crippen molar-refractivity contribution in [2.24, 2.45) is 5.73 Å². The summed E-state index contributed by atoms with van der Waals surface area (Å²) in [5.74, 6) is -0.293. The van der Waals surface area contributed by atoms with Gasteiger partial charge in [-0.05, 0) is 32.4 Å². The predicted molar refractivity (Wildman–Crippen MR) is 62.9 cm³/mol. The van der Waals surface area contributed by atoms with Crippen molar-refractivity contribution in [3.8, 4) is 0 Å². The van der Waals surface area contributed by atoms with Crippen molar-refractivity contribution in [1.82, 2.24) is 15.1 Å². The molecule has 5 heteroatoms. The lowest BCUT2D eigenvalue weighted by Gasteiger charge is -2.15. The zero-order chi connectivity index (χ0) is 12.0. The van der Waals surface area contributed by atoms with Crippen LogP contribution in [0.15, 0.2) is 12.3 Å². The van der Waals surface area contributed by atoms with E-state index in [1.165, 1.54) is 0 Å². The third kappa shape index (κ3) is 3.66. The van der Waals surface area contributed by atoms with Gasteiger partial charge in [-0.1, -0.05) is 6.92 Å². The minimum Gasteiger partial charge on any atom is -0.368 e. The lowest BCUT2D eigenvalue weighted by Crippen LogP contribution is -2.42. The SMILES string of the molecule is CCCNC(CCn1nccc1C)C(N)=O. The second-order valence-electron chi connectivity index (χ2n) is 3.89. The second-order valence-corrected chi connectivity index (χ2v) is 3.89. The summed E-state index contributed by atoms with van der Waals surface area (Å²) in [6.45, 7) is 5.57. The molecule has 0 spiro atoms. The van der Waals surface area contributed by atoms with Crippen LogP contribution in [0.1, 0.15) is 25.5 Å². The summed E-state index contributed by atoms with van der Waals surface area (Å²) < 4.78 is 1.88. The molecule has 1 rings (SSSR count). The summed E-state index contributed by atoms with van der Waals surface area (Å²) in [4.78, 5) is 11.2. The number of primary amides is 1. The predicted octanol–water partition coefficient (Wildman–Crippen LogP) is 0.435. The van der Waals surface area contributed by atoms with Gasteiger partial charge in [-0.2, -0.15) is 5.10 Å². The first-order valence-electron chi connectivity index (χ1n) is 5.66. The topological polar surface area (TPSA) is 72.9 Å². The van der Waals surface area contributed by atoms with E-state index < -0.39 is 0 Å². The molecule has 0 aliphatic rings. The highest BCUT2D eigenvalue weighted by molar-refractivity contribution is 5.79. The quantitative estimate of drug-likeness (QED) is 0.705. The van der Waals surface area contributed by atoms with Gasteiger partial charge in [0.2, 0.25) is 5.91 Å². The van der Waals surface area contributed by atoms with Crippen LogP contribution in [0.2, 0.25) is 0 Å². The monoisotopic (exact) mass is 224 g/mol. The summed E-state index contributed by atoms with van der Waals surface area (Å²) in [5.41, 5.74) is 6.42. The zero-order valence-corrected chi connectivity index (χ0v) is 9.94. The highest BCUT2D eigenvalue weighted by Crippen LogP contribution is 2.00. The van der Waals surface area contributed by atoms with Gasteiger partial charge in [0, 0.05) is 18.4 Å². The Morgan fingerprint density at radius 2 is 2.44 bits per heavy atom. The van der Waals surface area contributed by atoms with Crippen LogP contribution >= 0.6 is 0 Å². The summed E-state index contributed by atoms with van der Waals surface area (Å²) in [5, 5.41) is 7.30. The summed E-state index contributed by atoms with van der Waals surface area (Å²) in [7, 11) is 0. The van der Waals surface area contributed by atoms with Gasteiger partial charge in [-0.3, -0.25) is 9.48 Å². The van der Waals surface area contributed by atoms with Crippen molar-refractivity contribution < 1.29 is 4.79 Å². The van der Waals surface area contributed by atoms with E-state index in [0.29, 0.717) is 13.0 Å². The zero-order valence-electron chi connectivity index (χ0n) is 9.94. The molecule has 0 radical (unpaired) electrons. The molecule has 90 valence electrons. The Labute approximate surface area is 96.0 Å². The lowest BCUT2D eigenvalue weighted by molar-refractivity contribution is -0.120. The standard InChI is InChI=1S/C11H20N4O/c1-3-6-13-10(11(12)16)5-8-15-9(2)4-7-14-15/h4,7,10,13H,3,5-6,8H2,1-2H3,(H2,12,16). The number of hydrogen-bond donors (Lipinski definition) is 2.